The zero-order chi connectivity index (χ0) is 7.40. The topological polar surface area (TPSA) is 0 Å². The third-order valence-corrected chi connectivity index (χ3v) is 1.98. The molecular formula is C10H15I. The van der Waals surface area contributed by atoms with Gasteiger partial charge >= 0.3 is 0 Å². The van der Waals surface area contributed by atoms with Crippen molar-refractivity contribution in [3.8, 4) is 0 Å². The summed E-state index contributed by atoms with van der Waals surface area (Å²) in [6.07, 6.45) is 1.23. The van der Waals surface area contributed by atoms with E-state index < -0.39 is 0 Å². The maximum atomic E-state index is 2.26. The highest BCUT2D eigenvalue weighted by atomic mass is 127. The molecule has 0 aliphatic heterocycles. The summed E-state index contributed by atoms with van der Waals surface area (Å²) >= 11 is 0. The number of rotatable bonds is 2. The van der Waals surface area contributed by atoms with Gasteiger partial charge < -0.3 is 0 Å². The molecule has 0 saturated heterocycles. The Labute approximate surface area is 86.0 Å². The molecule has 11 heavy (non-hydrogen) atoms. The smallest absolute Gasteiger partial charge is 0.0193 e. The minimum Gasteiger partial charge on any atom is -0.107 e. The van der Waals surface area contributed by atoms with Crippen molar-refractivity contribution < 1.29 is 0 Å². The van der Waals surface area contributed by atoms with Gasteiger partial charge in [0.1, 0.15) is 0 Å². The molecule has 1 atom stereocenters. The SMILES string of the molecule is CC[C@H](C)c1ccccc1.I. The Kier molecular flexibility index (Phi) is 5.56. The first-order valence-electron chi connectivity index (χ1n) is 3.89. The van der Waals surface area contributed by atoms with Gasteiger partial charge in [-0.3, -0.25) is 0 Å². The van der Waals surface area contributed by atoms with Crippen LogP contribution in [-0.4, -0.2) is 0 Å². The van der Waals surface area contributed by atoms with E-state index >= 15 is 0 Å². The van der Waals surface area contributed by atoms with Crippen molar-refractivity contribution in [2.45, 2.75) is 26.2 Å². The highest BCUT2D eigenvalue weighted by Gasteiger charge is 1.98. The van der Waals surface area contributed by atoms with Crippen molar-refractivity contribution in [1.82, 2.24) is 0 Å². The second kappa shape index (κ2) is 5.58. The summed E-state index contributed by atoms with van der Waals surface area (Å²) in [5.41, 5.74) is 1.45. The fraction of sp³-hybridized carbons (Fsp3) is 0.400. The maximum absolute atomic E-state index is 2.26. The van der Waals surface area contributed by atoms with Crippen LogP contribution in [0.5, 0.6) is 0 Å². The third-order valence-electron chi connectivity index (χ3n) is 1.98. The molecule has 0 aliphatic rings. The minimum atomic E-state index is 0. The van der Waals surface area contributed by atoms with Crippen LogP contribution in [0.15, 0.2) is 30.3 Å². The van der Waals surface area contributed by atoms with Gasteiger partial charge in [0, 0.05) is 0 Å². The van der Waals surface area contributed by atoms with Crippen LogP contribution in [0, 0.1) is 0 Å². The first kappa shape index (κ1) is 11.0. The minimum absolute atomic E-state index is 0. The molecular weight excluding hydrogens is 247 g/mol. The molecule has 62 valence electrons. The number of hydrogen-bond donors (Lipinski definition) is 0. The third kappa shape index (κ3) is 3.23. The Balaban J connectivity index is 0.000001000. The molecule has 0 N–H and O–H groups in total. The molecule has 0 amide bonds. The van der Waals surface area contributed by atoms with Crippen LogP contribution >= 0.6 is 24.0 Å². The number of benzene rings is 1. The Bertz CT molecular complexity index is 181. The highest BCUT2D eigenvalue weighted by molar-refractivity contribution is 14.0. The normalized spacial score (nSPS) is 11.8. The van der Waals surface area contributed by atoms with Gasteiger partial charge in [0.15, 0.2) is 0 Å². The molecule has 0 unspecified atom stereocenters. The lowest BCUT2D eigenvalue weighted by atomic mass is 9.99. The summed E-state index contributed by atoms with van der Waals surface area (Å²) < 4.78 is 0. The van der Waals surface area contributed by atoms with Crippen molar-refractivity contribution in [2.75, 3.05) is 0 Å². The van der Waals surface area contributed by atoms with Gasteiger partial charge in [-0.2, -0.15) is 0 Å². The van der Waals surface area contributed by atoms with Crippen LogP contribution in [0.1, 0.15) is 31.7 Å². The lowest BCUT2D eigenvalue weighted by molar-refractivity contribution is 0.733. The van der Waals surface area contributed by atoms with E-state index in [2.05, 4.69) is 44.2 Å². The zero-order valence-electron chi connectivity index (χ0n) is 7.08. The average molecular weight is 262 g/mol. The quantitative estimate of drug-likeness (QED) is 0.711. The monoisotopic (exact) mass is 262 g/mol. The standard InChI is InChI=1S/C10H14.HI/c1-3-9(2)10-7-5-4-6-8-10;/h4-9H,3H2,1-2H3;1H/t9-;/m0./s1. The van der Waals surface area contributed by atoms with Crippen LogP contribution < -0.4 is 0 Å². The fourth-order valence-corrected chi connectivity index (χ4v) is 1.02. The van der Waals surface area contributed by atoms with Crippen LogP contribution in [0.4, 0.5) is 0 Å². The molecule has 1 heteroatoms. The van der Waals surface area contributed by atoms with E-state index in [1.165, 1.54) is 12.0 Å². The predicted molar refractivity (Wildman–Crippen MR) is 60.6 cm³/mol. The predicted octanol–water partition coefficient (Wildman–Crippen LogP) is 3.82. The van der Waals surface area contributed by atoms with Gasteiger partial charge in [0.05, 0.1) is 0 Å². The van der Waals surface area contributed by atoms with E-state index in [1.54, 1.807) is 0 Å². The molecule has 1 aromatic carbocycles. The summed E-state index contributed by atoms with van der Waals surface area (Å²) in [5.74, 6) is 0.709. The van der Waals surface area contributed by atoms with Crippen molar-refractivity contribution >= 4 is 24.0 Å². The lowest BCUT2D eigenvalue weighted by Crippen LogP contribution is -1.88. The molecule has 0 nitrogen and oxygen atoms in total. The van der Waals surface area contributed by atoms with E-state index in [4.69, 9.17) is 0 Å². The molecule has 0 bridgehead atoms. The van der Waals surface area contributed by atoms with Crippen LogP contribution in [0.25, 0.3) is 0 Å². The maximum Gasteiger partial charge on any atom is -0.0193 e. The number of halogens is 1. The molecule has 1 rings (SSSR count). The fourth-order valence-electron chi connectivity index (χ4n) is 1.02. The van der Waals surface area contributed by atoms with Gasteiger partial charge in [-0.05, 0) is 17.9 Å². The van der Waals surface area contributed by atoms with Crippen molar-refractivity contribution in [3.05, 3.63) is 35.9 Å². The molecule has 1 aromatic rings. The summed E-state index contributed by atoms with van der Waals surface area (Å²) in [5, 5.41) is 0. The summed E-state index contributed by atoms with van der Waals surface area (Å²) in [7, 11) is 0. The van der Waals surface area contributed by atoms with Gasteiger partial charge in [-0.15, -0.1) is 24.0 Å². The summed E-state index contributed by atoms with van der Waals surface area (Å²) in [4.78, 5) is 0. The number of hydrogen-bond acceptors (Lipinski definition) is 0. The van der Waals surface area contributed by atoms with Gasteiger partial charge in [-0.1, -0.05) is 44.2 Å². The second-order valence-electron chi connectivity index (χ2n) is 2.72. The highest BCUT2D eigenvalue weighted by Crippen LogP contribution is 2.16. The Hall–Kier alpha value is -0.0500. The van der Waals surface area contributed by atoms with Gasteiger partial charge in [-0.25, -0.2) is 0 Å². The van der Waals surface area contributed by atoms with E-state index in [1.807, 2.05) is 0 Å². The first-order chi connectivity index (χ1) is 4.84. The molecule has 0 fully saturated rings. The molecule has 0 aliphatic carbocycles. The van der Waals surface area contributed by atoms with E-state index in [0.717, 1.165) is 0 Å². The zero-order valence-corrected chi connectivity index (χ0v) is 9.41. The van der Waals surface area contributed by atoms with Crippen molar-refractivity contribution in [1.29, 1.82) is 0 Å². The van der Waals surface area contributed by atoms with E-state index in [-0.39, 0.29) is 24.0 Å². The van der Waals surface area contributed by atoms with Gasteiger partial charge in [0.25, 0.3) is 0 Å². The Morgan fingerprint density at radius 2 is 1.73 bits per heavy atom. The van der Waals surface area contributed by atoms with Crippen molar-refractivity contribution in [3.63, 3.8) is 0 Å². The Morgan fingerprint density at radius 1 is 1.18 bits per heavy atom. The van der Waals surface area contributed by atoms with Gasteiger partial charge in [0.2, 0.25) is 0 Å². The average Bonchev–Trinajstić information content (AvgIpc) is 2.05. The largest absolute Gasteiger partial charge is 0.107 e. The lowest BCUT2D eigenvalue weighted by Gasteiger charge is -2.06. The van der Waals surface area contributed by atoms with Crippen molar-refractivity contribution in [2.24, 2.45) is 0 Å². The summed E-state index contributed by atoms with van der Waals surface area (Å²) in [6.45, 7) is 4.48. The van der Waals surface area contributed by atoms with Crippen LogP contribution in [-0.2, 0) is 0 Å². The Morgan fingerprint density at radius 3 is 2.18 bits per heavy atom. The molecule has 0 radical (unpaired) electrons. The van der Waals surface area contributed by atoms with E-state index in [9.17, 15) is 0 Å². The summed E-state index contributed by atoms with van der Waals surface area (Å²) in [6, 6.07) is 10.6. The van der Waals surface area contributed by atoms with Crippen LogP contribution in [0.2, 0.25) is 0 Å². The molecule has 0 aromatic heterocycles. The first-order valence-corrected chi connectivity index (χ1v) is 3.89. The van der Waals surface area contributed by atoms with E-state index in [0.29, 0.717) is 5.92 Å². The molecule has 0 heterocycles. The molecule has 0 saturated carbocycles. The van der Waals surface area contributed by atoms with Crippen LogP contribution in [0.3, 0.4) is 0 Å². The molecule has 0 spiro atoms. The second-order valence-corrected chi connectivity index (χ2v) is 2.72.